The van der Waals surface area contributed by atoms with Gasteiger partial charge < -0.3 is 4.42 Å². The summed E-state index contributed by atoms with van der Waals surface area (Å²) in [6.45, 7) is 12.3. The molecule has 4 rings (SSSR count). The van der Waals surface area contributed by atoms with E-state index in [-0.39, 0.29) is 0 Å². The lowest BCUT2D eigenvalue weighted by Crippen LogP contribution is -2.04. The van der Waals surface area contributed by atoms with E-state index in [9.17, 15) is 0 Å². The zero-order chi connectivity index (χ0) is 20.4. The molecule has 0 fully saturated rings. The highest BCUT2D eigenvalue weighted by Gasteiger charge is 2.18. The molecule has 1 heterocycles. The quantitative estimate of drug-likeness (QED) is 0.335. The zero-order valence-electron chi connectivity index (χ0n) is 16.8. The van der Waals surface area contributed by atoms with Gasteiger partial charge >= 0.3 is 0 Å². The number of hydrogen-bond donors (Lipinski definition) is 0. The van der Waals surface area contributed by atoms with E-state index in [1.54, 1.807) is 0 Å². The first-order chi connectivity index (χ1) is 14.0. The molecule has 2 heteroatoms. The number of rotatable bonds is 5. The number of furan rings is 1. The monoisotopic (exact) mass is 377 g/mol. The average Bonchev–Trinajstić information content (AvgIpc) is 3.09. The summed E-state index contributed by atoms with van der Waals surface area (Å²) in [5.74, 6) is 0.770. The highest BCUT2D eigenvalue weighted by molar-refractivity contribution is 6.15. The third kappa shape index (κ3) is 3.70. The second kappa shape index (κ2) is 7.76. The normalized spacial score (nSPS) is 11.6. The lowest BCUT2D eigenvalue weighted by molar-refractivity contribution is 0.602. The molecule has 29 heavy (non-hydrogen) atoms. The Morgan fingerprint density at radius 3 is 2.03 bits per heavy atom. The molecule has 0 unspecified atom stereocenters. The van der Waals surface area contributed by atoms with Gasteiger partial charge in [-0.05, 0) is 31.0 Å². The standard InChI is InChI=1S/C27H23NO/c1-18(2)21-14-16-23(17-15-21)26(28-20(4)22-10-6-5-7-11-22)27-19(3)24-12-8-9-13-25(24)29-27/h5-17H,1,4H2,2-3H3. The third-order valence-electron chi connectivity index (χ3n) is 5.06. The topological polar surface area (TPSA) is 25.5 Å². The van der Waals surface area contributed by atoms with Crippen LogP contribution in [0.4, 0.5) is 0 Å². The average molecular weight is 377 g/mol. The summed E-state index contributed by atoms with van der Waals surface area (Å²) in [5.41, 5.74) is 7.51. The smallest absolute Gasteiger partial charge is 0.157 e. The third-order valence-corrected chi connectivity index (χ3v) is 5.06. The van der Waals surface area contributed by atoms with E-state index in [4.69, 9.17) is 9.41 Å². The molecule has 1 aromatic heterocycles. The molecule has 0 aliphatic rings. The van der Waals surface area contributed by atoms with Crippen LogP contribution in [0.25, 0.3) is 22.2 Å². The Balaban J connectivity index is 1.88. The number of fused-ring (bicyclic) bond motifs is 1. The largest absolute Gasteiger partial charge is 0.454 e. The first-order valence-corrected chi connectivity index (χ1v) is 9.62. The molecule has 0 spiro atoms. The molecule has 4 aromatic rings. The molecule has 0 N–H and O–H groups in total. The Labute approximate surface area is 171 Å². The van der Waals surface area contributed by atoms with Gasteiger partial charge in [-0.25, -0.2) is 4.99 Å². The van der Waals surface area contributed by atoms with Gasteiger partial charge in [-0.15, -0.1) is 0 Å². The van der Waals surface area contributed by atoms with Crippen LogP contribution in [0.3, 0.4) is 0 Å². The molecule has 142 valence electrons. The number of aryl methyl sites for hydroxylation is 1. The van der Waals surface area contributed by atoms with Crippen LogP contribution < -0.4 is 0 Å². The van der Waals surface area contributed by atoms with Gasteiger partial charge in [0.25, 0.3) is 0 Å². The maximum atomic E-state index is 6.24. The number of nitrogens with zero attached hydrogens (tertiary/aromatic N) is 1. The molecule has 2 nitrogen and oxygen atoms in total. The fraction of sp³-hybridized carbons (Fsp3) is 0.0741. The van der Waals surface area contributed by atoms with Gasteiger partial charge in [0.1, 0.15) is 11.3 Å². The van der Waals surface area contributed by atoms with Gasteiger partial charge in [0.2, 0.25) is 0 Å². The summed E-state index contributed by atoms with van der Waals surface area (Å²) >= 11 is 0. The minimum absolute atomic E-state index is 0.699. The lowest BCUT2D eigenvalue weighted by atomic mass is 10.0. The van der Waals surface area contributed by atoms with Crippen LogP contribution in [0.15, 0.2) is 101 Å². The van der Waals surface area contributed by atoms with Gasteiger partial charge in [-0.2, -0.15) is 0 Å². The van der Waals surface area contributed by atoms with Crippen molar-refractivity contribution in [3.8, 4) is 0 Å². The molecule has 0 atom stereocenters. The SMILES string of the molecule is C=C(C)c1ccc(C(=NC(=C)c2ccccc2)c2oc3ccccc3c2C)cc1. The molecule has 0 aliphatic heterocycles. The Morgan fingerprint density at radius 2 is 1.38 bits per heavy atom. The van der Waals surface area contributed by atoms with Crippen molar-refractivity contribution in [2.75, 3.05) is 0 Å². The van der Waals surface area contributed by atoms with E-state index in [0.717, 1.165) is 50.3 Å². The van der Waals surface area contributed by atoms with Crippen molar-refractivity contribution in [2.45, 2.75) is 13.8 Å². The second-order valence-corrected chi connectivity index (χ2v) is 7.18. The fourth-order valence-electron chi connectivity index (χ4n) is 3.39. The fourth-order valence-corrected chi connectivity index (χ4v) is 3.39. The minimum atomic E-state index is 0.699. The number of para-hydroxylation sites is 1. The van der Waals surface area contributed by atoms with Crippen molar-refractivity contribution in [3.05, 3.63) is 120 Å². The van der Waals surface area contributed by atoms with Crippen molar-refractivity contribution in [2.24, 2.45) is 4.99 Å². The van der Waals surface area contributed by atoms with E-state index in [1.807, 2.05) is 55.5 Å². The Hall–Kier alpha value is -3.65. The summed E-state index contributed by atoms with van der Waals surface area (Å²) in [5, 5.41) is 1.10. The molecule has 3 aromatic carbocycles. The van der Waals surface area contributed by atoms with Crippen LogP contribution >= 0.6 is 0 Å². The molecule has 0 radical (unpaired) electrons. The van der Waals surface area contributed by atoms with Gasteiger partial charge in [-0.3, -0.25) is 0 Å². The van der Waals surface area contributed by atoms with E-state index < -0.39 is 0 Å². The van der Waals surface area contributed by atoms with Crippen LogP contribution in [0, 0.1) is 6.92 Å². The van der Waals surface area contributed by atoms with Crippen molar-refractivity contribution in [1.29, 1.82) is 0 Å². The predicted molar refractivity (Wildman–Crippen MR) is 123 cm³/mol. The first-order valence-electron chi connectivity index (χ1n) is 9.62. The Bertz CT molecular complexity index is 1220. The van der Waals surface area contributed by atoms with Crippen LogP contribution in [0.2, 0.25) is 0 Å². The number of allylic oxidation sites excluding steroid dienone is 1. The van der Waals surface area contributed by atoms with Gasteiger partial charge in [0.15, 0.2) is 5.76 Å². The summed E-state index contributed by atoms with van der Waals surface area (Å²) in [6, 6.07) is 26.3. The number of benzene rings is 3. The summed E-state index contributed by atoms with van der Waals surface area (Å²) in [6.07, 6.45) is 0. The zero-order valence-corrected chi connectivity index (χ0v) is 16.8. The first kappa shape index (κ1) is 18.7. The molecule has 0 bridgehead atoms. The number of aliphatic imine (C=N–C) groups is 1. The van der Waals surface area contributed by atoms with Gasteiger partial charge in [-0.1, -0.05) is 91.5 Å². The minimum Gasteiger partial charge on any atom is -0.454 e. The van der Waals surface area contributed by atoms with E-state index in [2.05, 4.69) is 50.4 Å². The maximum absolute atomic E-state index is 6.24. The Kier molecular flexibility index (Phi) is 5.01. The molecular weight excluding hydrogens is 354 g/mol. The highest BCUT2D eigenvalue weighted by atomic mass is 16.3. The number of hydrogen-bond acceptors (Lipinski definition) is 2. The summed E-state index contributed by atoms with van der Waals surface area (Å²) in [4.78, 5) is 4.92. The molecule has 0 saturated carbocycles. The molecular formula is C27H23NO. The maximum Gasteiger partial charge on any atom is 0.157 e. The van der Waals surface area contributed by atoms with Crippen molar-refractivity contribution < 1.29 is 4.42 Å². The summed E-state index contributed by atoms with van der Waals surface area (Å²) in [7, 11) is 0. The van der Waals surface area contributed by atoms with Crippen molar-refractivity contribution in [1.82, 2.24) is 0 Å². The lowest BCUT2D eigenvalue weighted by Gasteiger charge is -2.09. The van der Waals surface area contributed by atoms with Crippen LogP contribution in [0.1, 0.15) is 34.9 Å². The van der Waals surface area contributed by atoms with E-state index in [1.165, 1.54) is 0 Å². The van der Waals surface area contributed by atoms with Gasteiger partial charge in [0, 0.05) is 16.5 Å². The Morgan fingerprint density at radius 1 is 0.759 bits per heavy atom. The molecule has 0 aliphatic carbocycles. The van der Waals surface area contributed by atoms with E-state index >= 15 is 0 Å². The molecule has 0 saturated heterocycles. The predicted octanol–water partition coefficient (Wildman–Crippen LogP) is 7.28. The van der Waals surface area contributed by atoms with E-state index in [0.29, 0.717) is 5.70 Å². The second-order valence-electron chi connectivity index (χ2n) is 7.18. The van der Waals surface area contributed by atoms with Crippen LogP contribution in [-0.4, -0.2) is 5.71 Å². The van der Waals surface area contributed by atoms with Crippen LogP contribution in [-0.2, 0) is 0 Å². The van der Waals surface area contributed by atoms with Crippen LogP contribution in [0.5, 0.6) is 0 Å². The van der Waals surface area contributed by atoms with Crippen molar-refractivity contribution >= 4 is 28.0 Å². The summed E-state index contributed by atoms with van der Waals surface area (Å²) < 4.78 is 6.24. The molecule has 0 amide bonds. The highest BCUT2D eigenvalue weighted by Crippen LogP contribution is 2.29. The van der Waals surface area contributed by atoms with Crippen molar-refractivity contribution in [3.63, 3.8) is 0 Å². The van der Waals surface area contributed by atoms with Gasteiger partial charge in [0.05, 0.1) is 5.70 Å².